The molecule has 5 nitrogen and oxygen atoms in total. The van der Waals surface area contributed by atoms with Crippen LogP contribution in [0.25, 0.3) is 10.2 Å². The number of hydrogen-bond donors (Lipinski definition) is 0. The number of halogens is 1. The molecule has 3 aromatic rings. The monoisotopic (exact) mass is 390 g/mol. The van der Waals surface area contributed by atoms with Gasteiger partial charge >= 0.3 is 0 Å². The third kappa shape index (κ3) is 4.72. The molecule has 2 aromatic carbocycles. The van der Waals surface area contributed by atoms with E-state index >= 15 is 0 Å². The summed E-state index contributed by atoms with van der Waals surface area (Å²) >= 11 is 7.52. The van der Waals surface area contributed by atoms with Crippen molar-refractivity contribution < 1.29 is 14.3 Å². The van der Waals surface area contributed by atoms with Crippen molar-refractivity contribution in [3.8, 4) is 5.75 Å². The molecule has 0 atom stereocenters. The number of aromatic nitrogens is 1. The zero-order valence-electron chi connectivity index (χ0n) is 14.4. The summed E-state index contributed by atoms with van der Waals surface area (Å²) in [6.45, 7) is 1.44. The van der Waals surface area contributed by atoms with Gasteiger partial charge in [0.05, 0.1) is 29.9 Å². The van der Waals surface area contributed by atoms with E-state index in [0.717, 1.165) is 16.0 Å². The van der Waals surface area contributed by atoms with Gasteiger partial charge in [0, 0.05) is 18.7 Å². The van der Waals surface area contributed by atoms with E-state index < -0.39 is 0 Å². The topological polar surface area (TPSA) is 52.8 Å². The number of nitrogens with zero attached hydrogens (tertiary/aromatic N) is 2. The normalized spacial score (nSPS) is 11.8. The summed E-state index contributed by atoms with van der Waals surface area (Å²) in [5, 5.41) is 0.659. The molecule has 0 unspecified atom stereocenters. The van der Waals surface area contributed by atoms with Crippen LogP contribution in [-0.2, 0) is 16.1 Å². The lowest BCUT2D eigenvalue weighted by molar-refractivity contribution is -0.118. The largest absolute Gasteiger partial charge is 0.493 e. The van der Waals surface area contributed by atoms with E-state index in [1.165, 1.54) is 11.3 Å². The van der Waals surface area contributed by atoms with Crippen molar-refractivity contribution in [1.82, 2.24) is 4.57 Å². The van der Waals surface area contributed by atoms with Crippen molar-refractivity contribution >= 4 is 39.1 Å². The number of benzene rings is 2. The van der Waals surface area contributed by atoms with E-state index in [4.69, 9.17) is 21.1 Å². The summed E-state index contributed by atoms with van der Waals surface area (Å²) in [4.78, 5) is 17.2. The molecule has 0 N–H and O–H groups in total. The minimum atomic E-state index is -0.218. The lowest BCUT2D eigenvalue weighted by Gasteiger charge is -2.05. The molecule has 0 aliphatic heterocycles. The van der Waals surface area contributed by atoms with Crippen LogP contribution in [0.1, 0.15) is 6.42 Å². The smallest absolute Gasteiger partial charge is 0.251 e. The zero-order chi connectivity index (χ0) is 18.4. The maximum absolute atomic E-state index is 12.3. The standard InChI is InChI=1S/C19H19ClN2O3S/c1-24-12-10-22-16-8-7-14(20)13-17(16)26-19(22)21-18(23)9-11-25-15-5-3-2-4-6-15/h2-8,13H,9-12H2,1H3. The quantitative estimate of drug-likeness (QED) is 0.614. The van der Waals surface area contributed by atoms with Crippen molar-refractivity contribution in [2.45, 2.75) is 13.0 Å². The van der Waals surface area contributed by atoms with Crippen molar-refractivity contribution in [1.29, 1.82) is 0 Å². The van der Waals surface area contributed by atoms with Gasteiger partial charge < -0.3 is 14.0 Å². The minimum absolute atomic E-state index is 0.216. The van der Waals surface area contributed by atoms with Gasteiger partial charge in [-0.05, 0) is 30.3 Å². The number of fused-ring (bicyclic) bond motifs is 1. The predicted octanol–water partition coefficient (Wildman–Crippen LogP) is 3.90. The molecule has 0 radical (unpaired) electrons. The van der Waals surface area contributed by atoms with Crippen LogP contribution < -0.4 is 9.54 Å². The Hall–Kier alpha value is -2.15. The molecule has 1 aromatic heterocycles. The van der Waals surface area contributed by atoms with Gasteiger partial charge in [-0.2, -0.15) is 4.99 Å². The van der Waals surface area contributed by atoms with E-state index in [0.29, 0.717) is 29.6 Å². The number of hydrogen-bond acceptors (Lipinski definition) is 4. The molecule has 136 valence electrons. The number of thiazole rings is 1. The summed E-state index contributed by atoms with van der Waals surface area (Å²) in [6, 6.07) is 15.1. The van der Waals surface area contributed by atoms with Gasteiger partial charge in [0.2, 0.25) is 0 Å². The van der Waals surface area contributed by atoms with Gasteiger partial charge in [-0.1, -0.05) is 41.1 Å². The Morgan fingerprint density at radius 1 is 1.19 bits per heavy atom. The van der Waals surface area contributed by atoms with Crippen LogP contribution in [0.2, 0.25) is 5.02 Å². The van der Waals surface area contributed by atoms with E-state index in [9.17, 15) is 4.79 Å². The lowest BCUT2D eigenvalue weighted by atomic mass is 10.3. The second-order valence-electron chi connectivity index (χ2n) is 5.56. The Bertz CT molecular complexity index is 950. The van der Waals surface area contributed by atoms with Gasteiger partial charge in [-0.25, -0.2) is 0 Å². The first-order valence-corrected chi connectivity index (χ1v) is 9.40. The van der Waals surface area contributed by atoms with Crippen LogP contribution in [0.15, 0.2) is 53.5 Å². The predicted molar refractivity (Wildman–Crippen MR) is 104 cm³/mol. The van der Waals surface area contributed by atoms with Crippen LogP contribution in [0.3, 0.4) is 0 Å². The molecule has 0 aliphatic carbocycles. The Balaban J connectivity index is 1.77. The summed E-state index contributed by atoms with van der Waals surface area (Å²) in [6.07, 6.45) is 0.216. The third-order valence-electron chi connectivity index (χ3n) is 3.71. The average Bonchev–Trinajstić information content (AvgIpc) is 2.96. The first-order valence-electron chi connectivity index (χ1n) is 8.20. The molecular weight excluding hydrogens is 372 g/mol. The summed E-state index contributed by atoms with van der Waals surface area (Å²) in [5.74, 6) is 0.525. The number of rotatable bonds is 7. The highest BCUT2D eigenvalue weighted by molar-refractivity contribution is 7.16. The molecule has 0 bridgehead atoms. The Morgan fingerprint density at radius 2 is 2.00 bits per heavy atom. The first kappa shape index (κ1) is 18.6. The number of methoxy groups -OCH3 is 1. The molecule has 1 amide bonds. The summed E-state index contributed by atoms with van der Waals surface area (Å²) in [7, 11) is 1.65. The number of carbonyl (C=O) groups is 1. The maximum Gasteiger partial charge on any atom is 0.251 e. The number of para-hydroxylation sites is 1. The van der Waals surface area contributed by atoms with Gasteiger partial charge in [-0.15, -0.1) is 0 Å². The van der Waals surface area contributed by atoms with Crippen molar-refractivity contribution in [3.05, 3.63) is 58.4 Å². The number of carbonyl (C=O) groups excluding carboxylic acids is 1. The highest BCUT2D eigenvalue weighted by atomic mass is 35.5. The van der Waals surface area contributed by atoms with Crippen LogP contribution in [-0.4, -0.2) is 30.8 Å². The van der Waals surface area contributed by atoms with Gasteiger partial charge in [0.25, 0.3) is 5.91 Å². The van der Waals surface area contributed by atoms with Gasteiger partial charge in [0.15, 0.2) is 4.80 Å². The molecule has 26 heavy (non-hydrogen) atoms. The van der Waals surface area contributed by atoms with Crippen LogP contribution in [0, 0.1) is 0 Å². The molecule has 0 aliphatic rings. The van der Waals surface area contributed by atoms with Crippen LogP contribution in [0.5, 0.6) is 5.75 Å². The molecule has 3 rings (SSSR count). The van der Waals surface area contributed by atoms with Gasteiger partial charge in [0.1, 0.15) is 5.75 Å². The zero-order valence-corrected chi connectivity index (χ0v) is 15.9. The second-order valence-corrected chi connectivity index (χ2v) is 7.00. The Kier molecular flexibility index (Phi) is 6.44. The molecular formula is C19H19ClN2O3S. The Morgan fingerprint density at radius 3 is 2.77 bits per heavy atom. The van der Waals surface area contributed by atoms with E-state index in [-0.39, 0.29) is 12.3 Å². The number of ether oxygens (including phenoxy) is 2. The molecule has 7 heteroatoms. The van der Waals surface area contributed by atoms with Crippen molar-refractivity contribution in [2.75, 3.05) is 20.3 Å². The number of amides is 1. The maximum atomic E-state index is 12.3. The molecule has 1 heterocycles. The fraction of sp³-hybridized carbons (Fsp3) is 0.263. The van der Waals surface area contributed by atoms with E-state index in [1.807, 2.05) is 53.1 Å². The van der Waals surface area contributed by atoms with Crippen LogP contribution in [0.4, 0.5) is 0 Å². The molecule has 0 saturated carbocycles. The summed E-state index contributed by atoms with van der Waals surface area (Å²) in [5.41, 5.74) is 0.989. The SMILES string of the molecule is COCCn1c(=NC(=O)CCOc2ccccc2)sc2cc(Cl)ccc21. The second kappa shape index (κ2) is 8.98. The highest BCUT2D eigenvalue weighted by Gasteiger charge is 2.09. The molecule has 0 saturated heterocycles. The fourth-order valence-electron chi connectivity index (χ4n) is 2.47. The van der Waals surface area contributed by atoms with Gasteiger partial charge in [-0.3, -0.25) is 4.79 Å². The Labute approximate surface area is 160 Å². The fourth-order valence-corrected chi connectivity index (χ4v) is 3.82. The molecule has 0 fully saturated rings. The third-order valence-corrected chi connectivity index (χ3v) is 4.99. The van der Waals surface area contributed by atoms with E-state index in [2.05, 4.69) is 4.99 Å². The average molecular weight is 391 g/mol. The summed E-state index contributed by atoms with van der Waals surface area (Å²) < 4.78 is 13.7. The van der Waals surface area contributed by atoms with Crippen molar-refractivity contribution in [3.63, 3.8) is 0 Å². The highest BCUT2D eigenvalue weighted by Crippen LogP contribution is 2.22. The van der Waals surface area contributed by atoms with Crippen LogP contribution >= 0.6 is 22.9 Å². The first-order chi connectivity index (χ1) is 12.7. The van der Waals surface area contributed by atoms with E-state index in [1.54, 1.807) is 7.11 Å². The minimum Gasteiger partial charge on any atom is -0.493 e. The lowest BCUT2D eigenvalue weighted by Crippen LogP contribution is -2.19. The molecule has 0 spiro atoms. The van der Waals surface area contributed by atoms with Crippen molar-refractivity contribution in [2.24, 2.45) is 4.99 Å².